The minimum Gasteiger partial charge on any atom is -0.444 e. The molecule has 0 unspecified atom stereocenters. The van der Waals surface area contributed by atoms with Gasteiger partial charge < -0.3 is 14.5 Å². The van der Waals surface area contributed by atoms with Gasteiger partial charge in [-0.1, -0.05) is 6.07 Å². The van der Waals surface area contributed by atoms with E-state index >= 15 is 0 Å². The fourth-order valence-corrected chi connectivity index (χ4v) is 2.98. The highest BCUT2D eigenvalue weighted by molar-refractivity contribution is 5.80. The van der Waals surface area contributed by atoms with Crippen molar-refractivity contribution in [2.75, 3.05) is 26.2 Å². The molecule has 0 radical (unpaired) electrons. The predicted octanol–water partition coefficient (Wildman–Crippen LogP) is 1.16. The van der Waals surface area contributed by atoms with Crippen molar-refractivity contribution in [3.05, 3.63) is 35.7 Å². The van der Waals surface area contributed by atoms with Crippen molar-refractivity contribution >= 4 is 12.0 Å². The molecule has 1 aromatic carbocycles. The zero-order valence-corrected chi connectivity index (χ0v) is 16.7. The quantitative estimate of drug-likeness (QED) is 0.762. The molecule has 1 aliphatic heterocycles. The lowest BCUT2D eigenvalue weighted by atomic mass is 10.0. The first-order valence-corrected chi connectivity index (χ1v) is 9.29. The maximum absolute atomic E-state index is 12.7. The van der Waals surface area contributed by atoms with Crippen molar-refractivity contribution in [3.63, 3.8) is 0 Å². The second kappa shape index (κ2) is 8.26. The topological polar surface area (TPSA) is 117 Å². The molecule has 0 atom stereocenters. The van der Waals surface area contributed by atoms with Gasteiger partial charge in [-0.3, -0.25) is 4.79 Å². The molecular weight excluding hydrogens is 374 g/mol. The summed E-state index contributed by atoms with van der Waals surface area (Å²) < 4.78 is 6.82. The molecule has 1 fully saturated rings. The number of amides is 2. The summed E-state index contributed by atoms with van der Waals surface area (Å²) in [5.41, 5.74) is 1.14. The number of tetrazole rings is 1. The number of nitrogens with zero attached hydrogens (tertiary/aromatic N) is 7. The third-order valence-corrected chi connectivity index (χ3v) is 4.45. The van der Waals surface area contributed by atoms with E-state index in [2.05, 4.69) is 21.6 Å². The van der Waals surface area contributed by atoms with Crippen LogP contribution in [-0.4, -0.2) is 73.8 Å². The average molecular weight is 397 g/mol. The highest BCUT2D eigenvalue weighted by Crippen LogP contribution is 2.17. The van der Waals surface area contributed by atoms with Crippen molar-refractivity contribution in [2.45, 2.75) is 32.8 Å². The van der Waals surface area contributed by atoms with Crippen LogP contribution in [0.15, 0.2) is 24.5 Å². The van der Waals surface area contributed by atoms with E-state index in [9.17, 15) is 14.9 Å². The van der Waals surface area contributed by atoms with Crippen LogP contribution in [0.25, 0.3) is 5.69 Å². The Morgan fingerprint density at radius 1 is 1.17 bits per heavy atom. The van der Waals surface area contributed by atoms with E-state index in [-0.39, 0.29) is 18.4 Å². The van der Waals surface area contributed by atoms with Gasteiger partial charge >= 0.3 is 6.09 Å². The Kier molecular flexibility index (Phi) is 5.77. The van der Waals surface area contributed by atoms with E-state index in [1.54, 1.807) is 28.0 Å². The number of carbonyl (C=O) groups is 2. The van der Waals surface area contributed by atoms with Gasteiger partial charge in [0.2, 0.25) is 5.91 Å². The van der Waals surface area contributed by atoms with Crippen LogP contribution in [0.3, 0.4) is 0 Å². The fourth-order valence-electron chi connectivity index (χ4n) is 2.98. The molecule has 1 saturated heterocycles. The van der Waals surface area contributed by atoms with Gasteiger partial charge in [0.1, 0.15) is 11.9 Å². The zero-order valence-electron chi connectivity index (χ0n) is 16.7. The largest absolute Gasteiger partial charge is 0.444 e. The number of nitriles is 1. The lowest BCUT2D eigenvalue weighted by molar-refractivity contribution is -0.132. The highest BCUT2D eigenvalue weighted by Gasteiger charge is 2.27. The third-order valence-electron chi connectivity index (χ3n) is 4.45. The van der Waals surface area contributed by atoms with Gasteiger partial charge in [0.15, 0.2) is 0 Å². The van der Waals surface area contributed by atoms with E-state index in [0.29, 0.717) is 43.0 Å². The molecule has 2 aromatic rings. The van der Waals surface area contributed by atoms with Gasteiger partial charge in [-0.15, -0.1) is 5.10 Å². The van der Waals surface area contributed by atoms with Crippen LogP contribution in [0.5, 0.6) is 0 Å². The fraction of sp³-hybridized carbons (Fsp3) is 0.474. The number of hydrogen-bond acceptors (Lipinski definition) is 7. The first kappa shape index (κ1) is 20.3. The zero-order chi connectivity index (χ0) is 21.0. The summed E-state index contributed by atoms with van der Waals surface area (Å²) in [6, 6.07) is 7.28. The maximum atomic E-state index is 12.7. The Labute approximate surface area is 168 Å². The number of aromatic nitrogens is 4. The minimum absolute atomic E-state index is 0.0829. The Hall–Kier alpha value is -3.48. The average Bonchev–Trinajstić information content (AvgIpc) is 3.22. The lowest BCUT2D eigenvalue weighted by Gasteiger charge is -2.35. The van der Waals surface area contributed by atoms with Crippen LogP contribution >= 0.6 is 0 Å². The van der Waals surface area contributed by atoms with Gasteiger partial charge in [-0.2, -0.15) is 5.26 Å². The van der Waals surface area contributed by atoms with Crippen LogP contribution < -0.4 is 0 Å². The summed E-state index contributed by atoms with van der Waals surface area (Å²) in [7, 11) is 0. The Morgan fingerprint density at radius 3 is 2.45 bits per heavy atom. The van der Waals surface area contributed by atoms with Gasteiger partial charge in [-0.25, -0.2) is 9.48 Å². The minimum atomic E-state index is -0.549. The number of carbonyl (C=O) groups excluding carboxylic acids is 2. The molecule has 2 heterocycles. The molecule has 3 rings (SSSR count). The number of benzene rings is 1. The Bertz CT molecular complexity index is 920. The van der Waals surface area contributed by atoms with Gasteiger partial charge in [0.25, 0.3) is 0 Å². The molecule has 0 N–H and O–H groups in total. The summed E-state index contributed by atoms with van der Waals surface area (Å²) >= 11 is 0. The molecule has 29 heavy (non-hydrogen) atoms. The molecule has 2 amide bonds. The van der Waals surface area contributed by atoms with E-state index in [1.165, 1.54) is 11.0 Å². The predicted molar refractivity (Wildman–Crippen MR) is 102 cm³/mol. The van der Waals surface area contributed by atoms with E-state index in [1.807, 2.05) is 20.8 Å². The molecule has 10 nitrogen and oxygen atoms in total. The summed E-state index contributed by atoms with van der Waals surface area (Å²) in [4.78, 5) is 28.2. The summed E-state index contributed by atoms with van der Waals surface area (Å²) in [6.07, 6.45) is 1.19. The summed E-state index contributed by atoms with van der Waals surface area (Å²) in [6.45, 7) is 7.17. The van der Waals surface area contributed by atoms with Crippen molar-refractivity contribution in [1.29, 1.82) is 5.26 Å². The van der Waals surface area contributed by atoms with Crippen molar-refractivity contribution < 1.29 is 14.3 Å². The van der Waals surface area contributed by atoms with Gasteiger partial charge in [0, 0.05) is 26.2 Å². The highest BCUT2D eigenvalue weighted by atomic mass is 16.6. The van der Waals surface area contributed by atoms with E-state index in [0.717, 1.165) is 0 Å². The summed E-state index contributed by atoms with van der Waals surface area (Å²) in [5.74, 6) is -0.0829. The normalized spacial score (nSPS) is 14.4. The monoisotopic (exact) mass is 397 g/mol. The van der Waals surface area contributed by atoms with E-state index < -0.39 is 5.60 Å². The number of rotatable bonds is 3. The smallest absolute Gasteiger partial charge is 0.410 e. The second-order valence-corrected chi connectivity index (χ2v) is 7.73. The lowest BCUT2D eigenvalue weighted by Crippen LogP contribution is -2.52. The molecule has 0 saturated carbocycles. The van der Waals surface area contributed by atoms with Crippen molar-refractivity contribution in [2.24, 2.45) is 0 Å². The molecule has 0 aliphatic carbocycles. The SMILES string of the molecule is CC(C)(C)OC(=O)N1CCN(C(=O)Cc2ccc(-n3cnnn3)cc2C#N)CC1. The number of ether oxygens (including phenoxy) is 1. The summed E-state index contributed by atoms with van der Waals surface area (Å²) in [5, 5.41) is 20.4. The molecule has 10 heteroatoms. The molecular formula is C19H23N7O3. The van der Waals surface area contributed by atoms with Gasteiger partial charge in [0.05, 0.1) is 23.7 Å². The van der Waals surface area contributed by atoms with Crippen molar-refractivity contribution in [1.82, 2.24) is 30.0 Å². The van der Waals surface area contributed by atoms with Crippen molar-refractivity contribution in [3.8, 4) is 11.8 Å². The van der Waals surface area contributed by atoms with Crippen LogP contribution in [0.2, 0.25) is 0 Å². The van der Waals surface area contributed by atoms with Crippen LogP contribution in [0.4, 0.5) is 4.79 Å². The van der Waals surface area contributed by atoms with Crippen LogP contribution in [-0.2, 0) is 16.0 Å². The second-order valence-electron chi connectivity index (χ2n) is 7.73. The number of piperazine rings is 1. The Balaban J connectivity index is 1.60. The van der Waals surface area contributed by atoms with E-state index in [4.69, 9.17) is 4.74 Å². The molecule has 1 aliphatic rings. The first-order valence-electron chi connectivity index (χ1n) is 9.29. The number of hydrogen-bond donors (Lipinski definition) is 0. The van der Waals surface area contributed by atoms with Crippen LogP contribution in [0, 0.1) is 11.3 Å². The molecule has 0 bridgehead atoms. The standard InChI is InChI=1S/C19H23N7O3/c1-19(2,3)29-18(28)25-8-6-24(7-9-25)17(27)11-14-4-5-16(10-15(14)12-20)26-13-21-22-23-26/h4-5,10,13H,6-9,11H2,1-3H3. The van der Waals surface area contributed by atoms with Crippen LogP contribution in [0.1, 0.15) is 31.9 Å². The molecule has 152 valence electrons. The van der Waals surface area contributed by atoms with Gasteiger partial charge in [-0.05, 0) is 48.9 Å². The molecule has 1 aromatic heterocycles. The third kappa shape index (κ3) is 5.07. The molecule has 0 spiro atoms. The first-order chi connectivity index (χ1) is 13.8. The Morgan fingerprint density at radius 2 is 1.86 bits per heavy atom. The maximum Gasteiger partial charge on any atom is 0.410 e.